The molecule has 1 aromatic carbocycles. The van der Waals surface area contributed by atoms with Gasteiger partial charge >= 0.3 is 0 Å². The van der Waals surface area contributed by atoms with Crippen molar-refractivity contribution >= 4 is 11.6 Å². The van der Waals surface area contributed by atoms with Gasteiger partial charge in [0.25, 0.3) is 0 Å². The molecule has 3 rings (SSSR count). The van der Waals surface area contributed by atoms with E-state index in [-0.39, 0.29) is 6.04 Å². The van der Waals surface area contributed by atoms with Gasteiger partial charge in [0.05, 0.1) is 32.0 Å². The molecule has 0 radical (unpaired) electrons. The Morgan fingerprint density at radius 1 is 1.35 bits per heavy atom. The van der Waals surface area contributed by atoms with Crippen molar-refractivity contribution in [2.45, 2.75) is 12.5 Å². The van der Waals surface area contributed by atoms with Crippen molar-refractivity contribution in [1.82, 2.24) is 14.7 Å². The van der Waals surface area contributed by atoms with Crippen LogP contribution in [0.15, 0.2) is 35.6 Å². The van der Waals surface area contributed by atoms with E-state index in [9.17, 15) is 0 Å². The van der Waals surface area contributed by atoms with E-state index < -0.39 is 0 Å². The summed E-state index contributed by atoms with van der Waals surface area (Å²) in [5.41, 5.74) is 7.99. The number of fused-ring (bicyclic) bond motifs is 1. The second-order valence-corrected chi connectivity index (χ2v) is 6.49. The van der Waals surface area contributed by atoms with Crippen LogP contribution in [0, 0.1) is 0 Å². The number of benzene rings is 1. The molecule has 0 bridgehead atoms. The van der Waals surface area contributed by atoms with Crippen molar-refractivity contribution in [2.24, 2.45) is 17.8 Å². The first-order valence-electron chi connectivity index (χ1n) is 8.64. The molecule has 0 fully saturated rings. The number of aryl methyl sites for hydroxylation is 1. The Hall–Kier alpha value is -2.74. The fourth-order valence-corrected chi connectivity index (χ4v) is 2.79. The molecule has 0 amide bonds. The van der Waals surface area contributed by atoms with E-state index in [1.807, 2.05) is 51.7 Å². The number of hydrogen-bond acceptors (Lipinski definition) is 5. The Morgan fingerprint density at radius 3 is 2.81 bits per heavy atom. The highest BCUT2D eigenvalue weighted by Crippen LogP contribution is 2.32. The molecular weight excluding hydrogens is 332 g/mol. The number of ether oxygens (including phenoxy) is 2. The van der Waals surface area contributed by atoms with Gasteiger partial charge in [0.15, 0.2) is 17.5 Å². The molecule has 0 saturated carbocycles. The van der Waals surface area contributed by atoms with Gasteiger partial charge in [0.2, 0.25) is 0 Å². The maximum Gasteiger partial charge on any atom is 0.193 e. The number of nitrogens with one attached hydrogen (secondary N) is 1. The molecule has 0 spiro atoms. The number of nitrogens with two attached hydrogens (primary N) is 1. The van der Waals surface area contributed by atoms with Crippen LogP contribution < -0.4 is 20.5 Å². The summed E-state index contributed by atoms with van der Waals surface area (Å²) in [6, 6.07) is 5.77. The van der Waals surface area contributed by atoms with Crippen LogP contribution in [0.5, 0.6) is 11.5 Å². The fraction of sp³-hybridized carbons (Fsp3) is 0.444. The molecule has 1 aliphatic heterocycles. The van der Waals surface area contributed by atoms with Crippen molar-refractivity contribution in [3.63, 3.8) is 0 Å². The third kappa shape index (κ3) is 4.45. The molecule has 2 aromatic rings. The Morgan fingerprint density at radius 2 is 2.12 bits per heavy atom. The Balaban J connectivity index is 1.67. The molecule has 1 aliphatic rings. The topological polar surface area (TPSA) is 89.9 Å². The van der Waals surface area contributed by atoms with Gasteiger partial charge in [0.1, 0.15) is 0 Å². The molecule has 1 atom stereocenters. The molecule has 140 valence electrons. The van der Waals surface area contributed by atoms with Crippen LogP contribution in [0.25, 0.3) is 0 Å². The number of nitrogens with zero attached hydrogens (tertiary/aromatic N) is 4. The summed E-state index contributed by atoms with van der Waals surface area (Å²) in [5, 5.41) is 7.35. The van der Waals surface area contributed by atoms with Gasteiger partial charge in [-0.15, -0.1) is 0 Å². The zero-order valence-electron chi connectivity index (χ0n) is 15.5. The average molecular weight is 358 g/mol. The van der Waals surface area contributed by atoms with Crippen molar-refractivity contribution in [3.05, 3.63) is 36.2 Å². The zero-order valence-corrected chi connectivity index (χ0v) is 15.5. The van der Waals surface area contributed by atoms with E-state index in [0.717, 1.165) is 29.2 Å². The van der Waals surface area contributed by atoms with Crippen LogP contribution in [-0.4, -0.2) is 54.5 Å². The minimum Gasteiger partial charge on any atom is -0.490 e. The van der Waals surface area contributed by atoms with E-state index in [1.54, 1.807) is 4.68 Å². The lowest BCUT2D eigenvalue weighted by molar-refractivity contribution is 0.297. The predicted octanol–water partition coefficient (Wildman–Crippen LogP) is 1.61. The first-order chi connectivity index (χ1) is 12.5. The largest absolute Gasteiger partial charge is 0.490 e. The van der Waals surface area contributed by atoms with E-state index in [1.165, 1.54) is 0 Å². The molecular formula is C18H26N6O2. The Labute approximate surface area is 153 Å². The van der Waals surface area contributed by atoms with Crippen LogP contribution in [0.2, 0.25) is 0 Å². The first kappa shape index (κ1) is 18.1. The molecule has 8 nitrogen and oxygen atoms in total. The number of rotatable bonds is 5. The van der Waals surface area contributed by atoms with E-state index >= 15 is 0 Å². The maximum absolute atomic E-state index is 6.07. The summed E-state index contributed by atoms with van der Waals surface area (Å²) in [7, 11) is 5.93. The normalized spacial score (nSPS) is 15.6. The van der Waals surface area contributed by atoms with Gasteiger partial charge in [-0.1, -0.05) is 0 Å². The van der Waals surface area contributed by atoms with Crippen LogP contribution >= 0.6 is 0 Å². The number of hydrogen-bond donors (Lipinski definition) is 2. The fourth-order valence-electron chi connectivity index (χ4n) is 2.79. The molecule has 0 saturated heterocycles. The summed E-state index contributed by atoms with van der Waals surface area (Å²) in [6.07, 6.45) is 4.72. The minimum atomic E-state index is 0.104. The van der Waals surface area contributed by atoms with Crippen LogP contribution in [-0.2, 0) is 7.05 Å². The summed E-state index contributed by atoms with van der Waals surface area (Å²) >= 11 is 0. The first-order valence-corrected chi connectivity index (χ1v) is 8.64. The second-order valence-electron chi connectivity index (χ2n) is 6.49. The second kappa shape index (κ2) is 8.09. The van der Waals surface area contributed by atoms with Gasteiger partial charge in [-0.25, -0.2) is 0 Å². The lowest BCUT2D eigenvalue weighted by atomic mass is 10.1. The van der Waals surface area contributed by atoms with E-state index in [0.29, 0.717) is 25.7 Å². The van der Waals surface area contributed by atoms with E-state index in [4.69, 9.17) is 15.2 Å². The van der Waals surface area contributed by atoms with Gasteiger partial charge in [-0.05, 0) is 26.2 Å². The predicted molar refractivity (Wildman–Crippen MR) is 102 cm³/mol. The minimum absolute atomic E-state index is 0.104. The molecule has 26 heavy (non-hydrogen) atoms. The van der Waals surface area contributed by atoms with Gasteiger partial charge in [-0.3, -0.25) is 9.67 Å². The van der Waals surface area contributed by atoms with Gasteiger partial charge in [0, 0.05) is 37.0 Å². The number of anilines is 1. The molecule has 3 N–H and O–H groups in total. The highest BCUT2D eigenvalue weighted by atomic mass is 16.5. The average Bonchev–Trinajstić information content (AvgIpc) is 2.88. The number of guanidine groups is 1. The molecule has 0 aliphatic carbocycles. The monoisotopic (exact) mass is 358 g/mol. The number of likely N-dealkylation sites (N-methyl/N-ethyl adjacent to an activating group) is 1. The smallest absolute Gasteiger partial charge is 0.193 e. The summed E-state index contributed by atoms with van der Waals surface area (Å²) in [5.74, 6) is 1.84. The molecule has 8 heteroatoms. The van der Waals surface area contributed by atoms with Crippen molar-refractivity contribution in [3.8, 4) is 11.5 Å². The third-order valence-electron chi connectivity index (χ3n) is 4.19. The summed E-state index contributed by atoms with van der Waals surface area (Å²) < 4.78 is 13.1. The standard InChI is InChI=1S/C18H26N6O2/c1-23(2)15(13-10-21-24(3)12-13)11-20-18(19)22-14-5-6-16-17(9-14)26-8-4-7-25-16/h5-6,9-10,12,15H,4,7-8,11H2,1-3H3,(H3,19,20,22). The van der Waals surface area contributed by atoms with Crippen molar-refractivity contribution in [2.75, 3.05) is 39.2 Å². The Kier molecular flexibility index (Phi) is 5.62. The zero-order chi connectivity index (χ0) is 18.5. The summed E-state index contributed by atoms with van der Waals surface area (Å²) in [6.45, 7) is 1.85. The summed E-state index contributed by atoms with van der Waals surface area (Å²) in [4.78, 5) is 6.59. The molecule has 1 aromatic heterocycles. The van der Waals surface area contributed by atoms with Gasteiger partial charge < -0.3 is 25.4 Å². The van der Waals surface area contributed by atoms with Crippen LogP contribution in [0.1, 0.15) is 18.0 Å². The maximum atomic E-state index is 6.07. The van der Waals surface area contributed by atoms with Crippen molar-refractivity contribution in [1.29, 1.82) is 0 Å². The number of aromatic nitrogens is 2. The Bertz CT molecular complexity index is 771. The lowest BCUT2D eigenvalue weighted by Gasteiger charge is -2.21. The van der Waals surface area contributed by atoms with Crippen LogP contribution in [0.3, 0.4) is 0 Å². The number of aliphatic imine (C=N–C) groups is 1. The molecule has 2 heterocycles. The third-order valence-corrected chi connectivity index (χ3v) is 4.19. The SMILES string of the molecule is CN(C)C(CN=C(N)Nc1ccc2c(c1)OCCCO2)c1cnn(C)c1. The lowest BCUT2D eigenvalue weighted by Crippen LogP contribution is -2.27. The highest BCUT2D eigenvalue weighted by molar-refractivity contribution is 5.92. The van der Waals surface area contributed by atoms with Gasteiger partial charge in [-0.2, -0.15) is 5.10 Å². The van der Waals surface area contributed by atoms with E-state index in [2.05, 4.69) is 20.3 Å². The van der Waals surface area contributed by atoms with Crippen LogP contribution in [0.4, 0.5) is 5.69 Å². The van der Waals surface area contributed by atoms with Crippen molar-refractivity contribution < 1.29 is 9.47 Å². The highest BCUT2D eigenvalue weighted by Gasteiger charge is 2.16. The molecule has 1 unspecified atom stereocenters. The quantitative estimate of drug-likeness (QED) is 0.623.